The standard InChI is InChI=1S/C34H39F3N6O2/c1-5-6-7-8-22(4)33(17-23-9-10-23)18-30(44)43(32(38)41-33)29(15-21(2)3)24-11-12-26(34(35,36)37)25(16-24)31(45)42-19-27-28(20-42)40-14-13-39-27/h5-8,11-14,16,21,23,29H,4,9-10,15,17-20H2,1-3H3,(H2,38,41)/b6-5-,8-7-/t29?,33-/m0/s1. The first kappa shape index (κ1) is 32.1. The van der Waals surface area contributed by atoms with Gasteiger partial charge in [-0.25, -0.2) is 0 Å². The Morgan fingerprint density at radius 3 is 2.40 bits per heavy atom. The van der Waals surface area contributed by atoms with E-state index in [9.17, 15) is 22.8 Å². The van der Waals surface area contributed by atoms with Gasteiger partial charge in [0.1, 0.15) is 0 Å². The quantitative estimate of drug-likeness (QED) is 0.287. The number of fused-ring (bicyclic) bond motifs is 1. The molecule has 5 rings (SSSR count). The van der Waals surface area contributed by atoms with Gasteiger partial charge in [0.2, 0.25) is 5.91 Å². The van der Waals surface area contributed by atoms with Crippen molar-refractivity contribution >= 4 is 17.8 Å². The van der Waals surface area contributed by atoms with Crippen molar-refractivity contribution < 1.29 is 22.8 Å². The minimum Gasteiger partial charge on any atom is -0.346 e. The van der Waals surface area contributed by atoms with Crippen LogP contribution in [-0.2, 0) is 24.1 Å². The third-order valence-corrected chi connectivity index (χ3v) is 8.67. The molecule has 0 bridgehead atoms. The van der Waals surface area contributed by atoms with Gasteiger partial charge in [-0.2, -0.15) is 13.2 Å². The molecule has 0 radical (unpaired) electrons. The third-order valence-electron chi connectivity index (χ3n) is 8.67. The van der Waals surface area contributed by atoms with Crippen molar-refractivity contribution in [3.63, 3.8) is 0 Å². The molecule has 1 aromatic carbocycles. The average Bonchev–Trinajstić information content (AvgIpc) is 3.68. The number of halogens is 3. The number of nitrogens with one attached hydrogen (secondary N) is 2. The molecule has 3 aliphatic rings. The van der Waals surface area contributed by atoms with E-state index >= 15 is 0 Å². The van der Waals surface area contributed by atoms with Gasteiger partial charge in [-0.3, -0.25) is 29.9 Å². The molecule has 2 aromatic rings. The minimum absolute atomic E-state index is 0.0270. The summed E-state index contributed by atoms with van der Waals surface area (Å²) in [5.74, 6) is -0.783. The number of carbonyl (C=O) groups excluding carboxylic acids is 2. The van der Waals surface area contributed by atoms with Crippen LogP contribution >= 0.6 is 0 Å². The first-order valence-electron chi connectivity index (χ1n) is 15.3. The largest absolute Gasteiger partial charge is 0.417 e. The zero-order chi connectivity index (χ0) is 32.5. The Labute approximate surface area is 261 Å². The van der Waals surface area contributed by atoms with Crippen LogP contribution in [0.5, 0.6) is 0 Å². The topological polar surface area (TPSA) is 102 Å². The van der Waals surface area contributed by atoms with E-state index in [1.165, 1.54) is 34.3 Å². The van der Waals surface area contributed by atoms with Crippen molar-refractivity contribution in [2.75, 3.05) is 0 Å². The molecule has 1 aliphatic carbocycles. The van der Waals surface area contributed by atoms with Crippen LogP contribution in [0, 0.1) is 17.2 Å². The van der Waals surface area contributed by atoms with Crippen LogP contribution in [0.4, 0.5) is 13.2 Å². The predicted octanol–water partition coefficient (Wildman–Crippen LogP) is 6.72. The van der Waals surface area contributed by atoms with Crippen molar-refractivity contribution in [2.45, 2.75) is 83.7 Å². The Hall–Kier alpha value is -4.28. The summed E-state index contributed by atoms with van der Waals surface area (Å²) in [7, 11) is 0. The van der Waals surface area contributed by atoms with E-state index in [1.807, 2.05) is 45.1 Å². The van der Waals surface area contributed by atoms with Crippen molar-refractivity contribution in [3.05, 3.63) is 95.1 Å². The maximum absolute atomic E-state index is 14.2. The Kier molecular flexibility index (Phi) is 9.00. The lowest BCUT2D eigenvalue weighted by Gasteiger charge is -2.46. The maximum Gasteiger partial charge on any atom is 0.417 e. The highest BCUT2D eigenvalue weighted by molar-refractivity contribution is 6.01. The summed E-state index contributed by atoms with van der Waals surface area (Å²) in [6.07, 6.45) is 8.83. The number of hydrogen-bond donors (Lipinski definition) is 2. The molecule has 1 saturated carbocycles. The lowest BCUT2D eigenvalue weighted by Crippen LogP contribution is -2.63. The highest BCUT2D eigenvalue weighted by Crippen LogP contribution is 2.44. The average molecular weight is 621 g/mol. The summed E-state index contributed by atoms with van der Waals surface area (Å²) < 4.78 is 42.7. The lowest BCUT2D eigenvalue weighted by atomic mass is 9.79. The van der Waals surface area contributed by atoms with E-state index in [2.05, 4.69) is 21.9 Å². The van der Waals surface area contributed by atoms with Crippen LogP contribution in [0.3, 0.4) is 0 Å². The number of nitrogens with zero attached hydrogens (tertiary/aromatic N) is 4. The predicted molar refractivity (Wildman–Crippen MR) is 165 cm³/mol. The van der Waals surface area contributed by atoms with Crippen LogP contribution in [0.2, 0.25) is 0 Å². The molecule has 11 heteroatoms. The second-order valence-corrected chi connectivity index (χ2v) is 12.6. The van der Waals surface area contributed by atoms with Crippen LogP contribution < -0.4 is 5.32 Å². The summed E-state index contributed by atoms with van der Waals surface area (Å²) in [5, 5.41) is 12.4. The fourth-order valence-corrected chi connectivity index (χ4v) is 6.26. The van der Waals surface area contributed by atoms with Gasteiger partial charge in [-0.15, -0.1) is 0 Å². The van der Waals surface area contributed by atoms with Crippen molar-refractivity contribution in [1.82, 2.24) is 25.1 Å². The normalized spacial score (nSPS) is 21.1. The number of rotatable bonds is 10. The van der Waals surface area contributed by atoms with Gasteiger partial charge < -0.3 is 10.2 Å². The second kappa shape index (κ2) is 12.6. The van der Waals surface area contributed by atoms with Crippen LogP contribution in [-0.4, -0.2) is 43.1 Å². The van der Waals surface area contributed by atoms with Gasteiger partial charge in [0.25, 0.3) is 5.91 Å². The molecule has 45 heavy (non-hydrogen) atoms. The van der Waals surface area contributed by atoms with Crippen LogP contribution in [0.15, 0.2) is 67.0 Å². The number of aromatic nitrogens is 2. The molecular formula is C34H39F3N6O2. The molecule has 2 N–H and O–H groups in total. The first-order valence-corrected chi connectivity index (χ1v) is 15.3. The summed E-state index contributed by atoms with van der Waals surface area (Å²) in [6.45, 7) is 10.1. The van der Waals surface area contributed by atoms with Gasteiger partial charge in [-0.1, -0.05) is 63.6 Å². The fourth-order valence-electron chi connectivity index (χ4n) is 6.26. The number of carbonyl (C=O) groups is 2. The zero-order valence-electron chi connectivity index (χ0n) is 25.8. The minimum atomic E-state index is -4.78. The first-order chi connectivity index (χ1) is 21.3. The van der Waals surface area contributed by atoms with Gasteiger partial charge in [0.15, 0.2) is 5.96 Å². The van der Waals surface area contributed by atoms with Gasteiger partial charge in [-0.05, 0) is 54.9 Å². The van der Waals surface area contributed by atoms with Crippen LogP contribution in [0.25, 0.3) is 0 Å². The third kappa shape index (κ3) is 6.87. The SMILES string of the molecule is C=C(/C=C\C=C/C)[C@]1(CC2CC2)CC(=O)N(C(CC(C)C)c2ccc(C(F)(F)F)c(C(=O)N3Cc4nccnc4C3)c2)C(=N)N1. The lowest BCUT2D eigenvalue weighted by molar-refractivity contribution is -0.138. The van der Waals surface area contributed by atoms with Crippen LogP contribution in [0.1, 0.15) is 91.8 Å². The number of hydrogen-bond acceptors (Lipinski definition) is 5. The Balaban J connectivity index is 1.50. The van der Waals surface area contributed by atoms with Gasteiger partial charge in [0, 0.05) is 12.4 Å². The molecule has 2 aliphatic heterocycles. The monoisotopic (exact) mass is 620 g/mol. The zero-order valence-corrected chi connectivity index (χ0v) is 25.8. The van der Waals surface area contributed by atoms with Crippen molar-refractivity contribution in [2.24, 2.45) is 11.8 Å². The van der Waals surface area contributed by atoms with E-state index in [1.54, 1.807) is 0 Å². The van der Waals surface area contributed by atoms with Crippen molar-refractivity contribution in [1.29, 1.82) is 5.41 Å². The Morgan fingerprint density at radius 1 is 1.18 bits per heavy atom. The molecule has 3 heterocycles. The summed E-state index contributed by atoms with van der Waals surface area (Å²) in [6, 6.07) is 2.70. The second-order valence-electron chi connectivity index (χ2n) is 12.6. The maximum atomic E-state index is 14.2. The van der Waals surface area contributed by atoms with E-state index in [0.29, 0.717) is 41.3 Å². The number of benzene rings is 1. The van der Waals surface area contributed by atoms with Crippen molar-refractivity contribution in [3.8, 4) is 0 Å². The molecule has 0 spiro atoms. The highest BCUT2D eigenvalue weighted by atomic mass is 19.4. The fraction of sp³-hybridized carbons (Fsp3) is 0.441. The number of guanidine groups is 1. The molecule has 2 atom stereocenters. The Bertz CT molecular complexity index is 1520. The van der Waals surface area contributed by atoms with E-state index in [0.717, 1.165) is 18.9 Å². The summed E-state index contributed by atoms with van der Waals surface area (Å²) in [5.41, 5.74) is -0.246. The molecule has 1 aromatic heterocycles. The van der Waals surface area contributed by atoms with Gasteiger partial charge in [0.05, 0.1) is 53.6 Å². The number of alkyl halides is 3. The Morgan fingerprint density at radius 2 is 1.84 bits per heavy atom. The van der Waals surface area contributed by atoms with Gasteiger partial charge >= 0.3 is 6.18 Å². The number of allylic oxidation sites excluding steroid dienone is 3. The molecule has 2 fully saturated rings. The van der Waals surface area contributed by atoms with E-state index in [-0.39, 0.29) is 37.3 Å². The molecule has 1 unspecified atom stereocenters. The smallest absolute Gasteiger partial charge is 0.346 e. The molecule has 2 amide bonds. The molecule has 1 saturated heterocycles. The summed E-state index contributed by atoms with van der Waals surface area (Å²) in [4.78, 5) is 38.8. The number of amides is 2. The van der Waals surface area contributed by atoms with E-state index in [4.69, 9.17) is 5.41 Å². The molecular weight excluding hydrogens is 581 g/mol. The molecule has 8 nitrogen and oxygen atoms in total. The highest BCUT2D eigenvalue weighted by Gasteiger charge is 2.48. The molecule has 238 valence electrons. The summed E-state index contributed by atoms with van der Waals surface area (Å²) >= 11 is 0. The van der Waals surface area contributed by atoms with E-state index < -0.39 is 34.8 Å².